The van der Waals surface area contributed by atoms with Gasteiger partial charge in [-0.3, -0.25) is 4.79 Å². The lowest BCUT2D eigenvalue weighted by molar-refractivity contribution is -0.137. The molecule has 110 valence electrons. The summed E-state index contributed by atoms with van der Waals surface area (Å²) in [5.74, 6) is -1.55. The fourth-order valence-corrected chi connectivity index (χ4v) is 2.00. The smallest absolute Gasteiger partial charge is 0.319 e. The minimum absolute atomic E-state index is 0.0247. The lowest BCUT2D eigenvalue weighted by Crippen LogP contribution is -2.36. The van der Waals surface area contributed by atoms with E-state index in [-0.39, 0.29) is 34.6 Å². The summed E-state index contributed by atoms with van der Waals surface area (Å²) in [6, 6.07) is 1.11. The first-order chi connectivity index (χ1) is 9.29. The summed E-state index contributed by atoms with van der Waals surface area (Å²) in [5, 5.41) is 13.4. The Bertz CT molecular complexity index is 502. The highest BCUT2D eigenvalue weighted by Crippen LogP contribution is 2.31. The van der Waals surface area contributed by atoms with E-state index in [1.807, 2.05) is 0 Å². The monoisotopic (exact) mass is 322 g/mol. The van der Waals surface area contributed by atoms with Crippen molar-refractivity contribution in [3.8, 4) is 0 Å². The summed E-state index contributed by atoms with van der Waals surface area (Å²) >= 11 is 11.5. The zero-order valence-corrected chi connectivity index (χ0v) is 12.1. The number of carboxylic acids is 1. The highest BCUT2D eigenvalue weighted by Gasteiger charge is 2.14. The molecule has 20 heavy (non-hydrogen) atoms. The molecule has 2 amide bonds. The van der Waals surface area contributed by atoms with Crippen molar-refractivity contribution in [1.82, 2.24) is 5.32 Å². The molecule has 0 saturated carbocycles. The Labute approximate surface area is 125 Å². The second-order valence-electron chi connectivity index (χ2n) is 4.18. The van der Waals surface area contributed by atoms with E-state index in [2.05, 4.69) is 10.6 Å². The molecule has 0 fully saturated rings. The molecule has 0 radical (unpaired) electrons. The van der Waals surface area contributed by atoms with Gasteiger partial charge in [-0.05, 0) is 25.5 Å². The summed E-state index contributed by atoms with van der Waals surface area (Å²) in [6.07, 6.45) is 0.229. The molecule has 1 aromatic carbocycles. The quantitative estimate of drug-likeness (QED) is 0.776. The van der Waals surface area contributed by atoms with Crippen LogP contribution in [0.15, 0.2) is 12.1 Å². The molecule has 0 aliphatic rings. The number of urea groups is 1. The first kappa shape index (κ1) is 16.5. The zero-order chi connectivity index (χ0) is 15.3. The number of aliphatic carboxylic acids is 1. The molecule has 1 atom stereocenters. The van der Waals surface area contributed by atoms with Crippen LogP contribution in [0.3, 0.4) is 0 Å². The highest BCUT2D eigenvalue weighted by molar-refractivity contribution is 6.39. The van der Waals surface area contributed by atoms with Crippen molar-refractivity contribution in [1.29, 1.82) is 0 Å². The van der Waals surface area contributed by atoms with Crippen LogP contribution >= 0.6 is 23.2 Å². The molecule has 0 aliphatic carbocycles. The topological polar surface area (TPSA) is 78.4 Å². The maximum absolute atomic E-state index is 13.0. The van der Waals surface area contributed by atoms with E-state index in [0.717, 1.165) is 12.1 Å². The standard InChI is InChI=1S/C12H13Cl2FN2O3/c1-6(2-3-10(18)19)16-12(20)17-11-8(13)4-7(15)5-9(11)14/h4-6H,2-3H2,1H3,(H,18,19)(H2,16,17,20). The zero-order valence-electron chi connectivity index (χ0n) is 10.5. The molecule has 8 heteroatoms. The van der Waals surface area contributed by atoms with Crippen LogP contribution < -0.4 is 10.6 Å². The third-order valence-electron chi connectivity index (χ3n) is 2.41. The van der Waals surface area contributed by atoms with Crippen molar-refractivity contribution in [2.24, 2.45) is 0 Å². The number of hydrogen-bond acceptors (Lipinski definition) is 2. The SMILES string of the molecule is CC(CCC(=O)O)NC(=O)Nc1c(Cl)cc(F)cc1Cl. The summed E-state index contributed by atoms with van der Waals surface area (Å²) in [7, 11) is 0. The van der Waals surface area contributed by atoms with Crippen LogP contribution in [0.2, 0.25) is 10.0 Å². The average molecular weight is 323 g/mol. The molecule has 1 aromatic rings. The number of carbonyl (C=O) groups is 2. The van der Waals surface area contributed by atoms with Crippen molar-refractivity contribution >= 4 is 40.9 Å². The number of amides is 2. The predicted molar refractivity (Wildman–Crippen MR) is 74.9 cm³/mol. The Morgan fingerprint density at radius 3 is 2.40 bits per heavy atom. The summed E-state index contributed by atoms with van der Waals surface area (Å²) < 4.78 is 13.0. The Balaban J connectivity index is 2.61. The molecule has 0 aromatic heterocycles. The van der Waals surface area contributed by atoms with E-state index in [0.29, 0.717) is 0 Å². The van der Waals surface area contributed by atoms with Gasteiger partial charge in [0.25, 0.3) is 0 Å². The number of anilines is 1. The van der Waals surface area contributed by atoms with Gasteiger partial charge in [-0.15, -0.1) is 0 Å². The number of benzene rings is 1. The van der Waals surface area contributed by atoms with E-state index >= 15 is 0 Å². The van der Waals surface area contributed by atoms with Crippen molar-refractivity contribution in [2.45, 2.75) is 25.8 Å². The summed E-state index contributed by atoms with van der Waals surface area (Å²) in [5.41, 5.74) is 0.0951. The second-order valence-corrected chi connectivity index (χ2v) is 4.99. The van der Waals surface area contributed by atoms with Crippen LogP contribution in [0, 0.1) is 5.82 Å². The van der Waals surface area contributed by atoms with Gasteiger partial charge in [0.1, 0.15) is 5.82 Å². The Morgan fingerprint density at radius 2 is 1.90 bits per heavy atom. The Hall–Kier alpha value is -1.53. The summed E-state index contributed by atoms with van der Waals surface area (Å²) in [4.78, 5) is 22.1. The van der Waals surface area contributed by atoms with E-state index in [1.165, 1.54) is 0 Å². The van der Waals surface area contributed by atoms with Gasteiger partial charge in [-0.25, -0.2) is 9.18 Å². The lowest BCUT2D eigenvalue weighted by Gasteiger charge is -2.15. The Kier molecular flexibility index (Phi) is 6.04. The fraction of sp³-hybridized carbons (Fsp3) is 0.333. The van der Waals surface area contributed by atoms with Gasteiger partial charge in [-0.2, -0.15) is 0 Å². The molecule has 3 N–H and O–H groups in total. The molecule has 0 spiro atoms. The van der Waals surface area contributed by atoms with E-state index < -0.39 is 17.8 Å². The van der Waals surface area contributed by atoms with Crippen LogP contribution in [0.1, 0.15) is 19.8 Å². The molecule has 1 unspecified atom stereocenters. The molecule has 0 saturated heterocycles. The number of nitrogens with one attached hydrogen (secondary N) is 2. The highest BCUT2D eigenvalue weighted by atomic mass is 35.5. The van der Waals surface area contributed by atoms with E-state index in [1.54, 1.807) is 6.92 Å². The van der Waals surface area contributed by atoms with Gasteiger partial charge in [0.05, 0.1) is 15.7 Å². The van der Waals surface area contributed by atoms with Crippen LogP contribution in [0.25, 0.3) is 0 Å². The number of hydrogen-bond donors (Lipinski definition) is 3. The van der Waals surface area contributed by atoms with Gasteiger partial charge in [-0.1, -0.05) is 23.2 Å². The van der Waals surface area contributed by atoms with Crippen LogP contribution in [-0.2, 0) is 4.79 Å². The largest absolute Gasteiger partial charge is 0.481 e. The maximum Gasteiger partial charge on any atom is 0.319 e. The minimum Gasteiger partial charge on any atom is -0.481 e. The first-order valence-corrected chi connectivity index (χ1v) is 6.49. The molecular weight excluding hydrogens is 310 g/mol. The molecule has 5 nitrogen and oxygen atoms in total. The third-order valence-corrected chi connectivity index (χ3v) is 3.01. The number of rotatable bonds is 5. The molecule has 0 bridgehead atoms. The number of carbonyl (C=O) groups excluding carboxylic acids is 1. The van der Waals surface area contributed by atoms with Gasteiger partial charge in [0.15, 0.2) is 0 Å². The first-order valence-electron chi connectivity index (χ1n) is 5.73. The average Bonchev–Trinajstić information content (AvgIpc) is 2.31. The number of halogens is 3. The normalized spacial score (nSPS) is 11.8. The van der Waals surface area contributed by atoms with E-state index in [9.17, 15) is 14.0 Å². The fourth-order valence-electron chi connectivity index (χ4n) is 1.45. The molecule has 0 aliphatic heterocycles. The van der Waals surface area contributed by atoms with Gasteiger partial charge < -0.3 is 15.7 Å². The van der Waals surface area contributed by atoms with Crippen LogP contribution in [-0.4, -0.2) is 23.1 Å². The third kappa shape index (κ3) is 5.22. The van der Waals surface area contributed by atoms with Crippen LogP contribution in [0.4, 0.5) is 14.9 Å². The summed E-state index contributed by atoms with van der Waals surface area (Å²) in [6.45, 7) is 1.66. The molecule has 1 rings (SSSR count). The maximum atomic E-state index is 13.0. The van der Waals surface area contributed by atoms with Crippen LogP contribution in [0.5, 0.6) is 0 Å². The second kappa shape index (κ2) is 7.31. The van der Waals surface area contributed by atoms with Gasteiger partial charge in [0, 0.05) is 12.5 Å². The van der Waals surface area contributed by atoms with Crippen molar-refractivity contribution < 1.29 is 19.1 Å². The van der Waals surface area contributed by atoms with E-state index in [4.69, 9.17) is 28.3 Å². The lowest BCUT2D eigenvalue weighted by atomic mass is 10.2. The van der Waals surface area contributed by atoms with Crippen molar-refractivity contribution in [3.63, 3.8) is 0 Å². The molecule has 0 heterocycles. The van der Waals surface area contributed by atoms with Gasteiger partial charge >= 0.3 is 12.0 Å². The number of carboxylic acid groups (broad SMARTS) is 1. The van der Waals surface area contributed by atoms with Crippen molar-refractivity contribution in [2.75, 3.05) is 5.32 Å². The molecular formula is C12H13Cl2FN2O3. The minimum atomic E-state index is -0.941. The predicted octanol–water partition coefficient (Wildman–Crippen LogP) is 3.51. The Morgan fingerprint density at radius 1 is 1.35 bits per heavy atom. The van der Waals surface area contributed by atoms with Crippen molar-refractivity contribution in [3.05, 3.63) is 28.0 Å². The van der Waals surface area contributed by atoms with Gasteiger partial charge in [0.2, 0.25) is 0 Å².